The molecule has 1 rings (SSSR count). The molecule has 0 unspecified atom stereocenters. The Morgan fingerprint density at radius 1 is 1.38 bits per heavy atom. The van der Waals surface area contributed by atoms with Gasteiger partial charge in [-0.25, -0.2) is 0 Å². The molecular formula is C9H15NO3. The summed E-state index contributed by atoms with van der Waals surface area (Å²) in [6.07, 6.45) is 1.78. The molecule has 0 aromatic carbocycles. The van der Waals surface area contributed by atoms with Crippen LogP contribution in [-0.4, -0.2) is 23.0 Å². The lowest BCUT2D eigenvalue weighted by Crippen LogP contribution is -2.52. The Bertz CT molecular complexity index is 231. The van der Waals surface area contributed by atoms with Gasteiger partial charge in [-0.1, -0.05) is 6.42 Å². The van der Waals surface area contributed by atoms with E-state index in [0.717, 1.165) is 6.42 Å². The van der Waals surface area contributed by atoms with Crippen molar-refractivity contribution in [1.82, 2.24) is 5.32 Å². The molecule has 13 heavy (non-hydrogen) atoms. The molecule has 4 nitrogen and oxygen atoms in total. The van der Waals surface area contributed by atoms with Crippen LogP contribution >= 0.6 is 0 Å². The van der Waals surface area contributed by atoms with Crippen LogP contribution in [0.5, 0.6) is 0 Å². The molecule has 1 aliphatic carbocycles. The smallest absolute Gasteiger partial charge is 0.319 e. The minimum Gasteiger partial charge on any atom is -0.480 e. The summed E-state index contributed by atoms with van der Waals surface area (Å²) in [7, 11) is 0. The van der Waals surface area contributed by atoms with Crippen molar-refractivity contribution in [2.24, 2.45) is 5.41 Å². The molecule has 1 fully saturated rings. The Morgan fingerprint density at radius 3 is 2.15 bits per heavy atom. The van der Waals surface area contributed by atoms with E-state index in [-0.39, 0.29) is 11.9 Å². The van der Waals surface area contributed by atoms with Crippen LogP contribution in [0, 0.1) is 5.41 Å². The van der Waals surface area contributed by atoms with Gasteiger partial charge >= 0.3 is 5.97 Å². The van der Waals surface area contributed by atoms with Crippen LogP contribution < -0.4 is 5.32 Å². The quantitative estimate of drug-likeness (QED) is 0.638. The van der Waals surface area contributed by atoms with E-state index in [2.05, 4.69) is 5.32 Å². The number of hydrogen-bond acceptors (Lipinski definition) is 2. The maximum atomic E-state index is 11.5. The molecule has 1 aliphatic rings. The maximum absolute atomic E-state index is 11.5. The van der Waals surface area contributed by atoms with Gasteiger partial charge in [0.05, 0.1) is 0 Å². The second-order valence-electron chi connectivity index (χ2n) is 3.87. The molecule has 1 saturated carbocycles. The van der Waals surface area contributed by atoms with Gasteiger partial charge in [-0.2, -0.15) is 0 Å². The highest BCUT2D eigenvalue weighted by atomic mass is 16.4. The molecule has 0 bridgehead atoms. The summed E-state index contributed by atoms with van der Waals surface area (Å²) in [6.45, 7) is 3.65. The number of carboxylic acids is 1. The Balaban J connectivity index is 2.66. The fourth-order valence-corrected chi connectivity index (χ4v) is 1.47. The third kappa shape index (κ3) is 1.66. The van der Waals surface area contributed by atoms with E-state index < -0.39 is 11.4 Å². The molecular weight excluding hydrogens is 170 g/mol. The first-order valence-corrected chi connectivity index (χ1v) is 4.53. The van der Waals surface area contributed by atoms with Crippen LogP contribution in [0.15, 0.2) is 0 Å². The van der Waals surface area contributed by atoms with Gasteiger partial charge < -0.3 is 10.4 Å². The number of carboxylic acid groups (broad SMARTS) is 1. The molecule has 0 aromatic rings. The van der Waals surface area contributed by atoms with E-state index in [1.54, 1.807) is 0 Å². The Labute approximate surface area is 77.3 Å². The molecule has 0 spiro atoms. The zero-order chi connectivity index (χ0) is 10.1. The maximum Gasteiger partial charge on any atom is 0.319 e. The van der Waals surface area contributed by atoms with E-state index in [1.807, 2.05) is 13.8 Å². The van der Waals surface area contributed by atoms with Crippen LogP contribution in [0.2, 0.25) is 0 Å². The van der Waals surface area contributed by atoms with Gasteiger partial charge in [0.15, 0.2) is 0 Å². The Kier molecular flexibility index (Phi) is 2.59. The summed E-state index contributed by atoms with van der Waals surface area (Å²) in [5, 5.41) is 11.6. The van der Waals surface area contributed by atoms with E-state index in [4.69, 9.17) is 5.11 Å². The topological polar surface area (TPSA) is 66.4 Å². The van der Waals surface area contributed by atoms with Gasteiger partial charge in [0.2, 0.25) is 5.91 Å². The molecule has 0 atom stereocenters. The van der Waals surface area contributed by atoms with Gasteiger partial charge in [-0.15, -0.1) is 0 Å². The lowest BCUT2D eigenvalue weighted by molar-refractivity contribution is -0.162. The van der Waals surface area contributed by atoms with Crippen molar-refractivity contribution in [2.75, 3.05) is 0 Å². The standard InChI is InChI=1S/C9H15NO3/c1-6(2)10-7(11)9(8(12)13)4-3-5-9/h6H,3-5H2,1-2H3,(H,10,11)(H,12,13). The monoisotopic (exact) mass is 185 g/mol. The molecule has 4 heteroatoms. The van der Waals surface area contributed by atoms with Crippen molar-refractivity contribution in [2.45, 2.75) is 39.2 Å². The van der Waals surface area contributed by atoms with Gasteiger partial charge in [0.25, 0.3) is 0 Å². The zero-order valence-electron chi connectivity index (χ0n) is 7.96. The lowest BCUT2D eigenvalue weighted by Gasteiger charge is -2.36. The number of hydrogen-bond donors (Lipinski definition) is 2. The van der Waals surface area contributed by atoms with Crippen LogP contribution in [-0.2, 0) is 9.59 Å². The second kappa shape index (κ2) is 3.36. The molecule has 1 amide bonds. The number of rotatable bonds is 3. The normalized spacial score (nSPS) is 19.3. The van der Waals surface area contributed by atoms with E-state index in [9.17, 15) is 9.59 Å². The number of nitrogens with one attached hydrogen (secondary N) is 1. The summed E-state index contributed by atoms with van der Waals surface area (Å²) < 4.78 is 0. The summed E-state index contributed by atoms with van der Waals surface area (Å²) in [5.41, 5.74) is -1.12. The Hall–Kier alpha value is -1.06. The van der Waals surface area contributed by atoms with Crippen molar-refractivity contribution in [3.05, 3.63) is 0 Å². The largest absolute Gasteiger partial charge is 0.480 e. The lowest BCUT2D eigenvalue weighted by atomic mass is 9.68. The second-order valence-corrected chi connectivity index (χ2v) is 3.87. The minimum atomic E-state index is -1.12. The third-order valence-corrected chi connectivity index (χ3v) is 2.47. The molecule has 0 saturated heterocycles. The fourth-order valence-electron chi connectivity index (χ4n) is 1.47. The summed E-state index contributed by atoms with van der Waals surface area (Å²) in [4.78, 5) is 22.4. The molecule has 0 aliphatic heterocycles. The Morgan fingerprint density at radius 2 is 1.92 bits per heavy atom. The first-order chi connectivity index (χ1) is 5.99. The average Bonchev–Trinajstić information content (AvgIpc) is 1.79. The first-order valence-electron chi connectivity index (χ1n) is 4.53. The summed E-state index contributed by atoms with van der Waals surface area (Å²) in [6, 6.07) is 0.00400. The molecule has 0 radical (unpaired) electrons. The van der Waals surface area contributed by atoms with E-state index in [1.165, 1.54) is 0 Å². The van der Waals surface area contributed by atoms with Crippen LogP contribution in [0.1, 0.15) is 33.1 Å². The van der Waals surface area contributed by atoms with Gasteiger partial charge in [-0.3, -0.25) is 9.59 Å². The van der Waals surface area contributed by atoms with E-state index >= 15 is 0 Å². The van der Waals surface area contributed by atoms with Gasteiger partial charge in [-0.05, 0) is 26.7 Å². The van der Waals surface area contributed by atoms with Crippen LogP contribution in [0.3, 0.4) is 0 Å². The van der Waals surface area contributed by atoms with Crippen molar-refractivity contribution in [1.29, 1.82) is 0 Å². The predicted octanol–water partition coefficient (Wildman–Crippen LogP) is 0.766. The number of aliphatic carboxylic acids is 1. The van der Waals surface area contributed by atoms with Crippen LogP contribution in [0.25, 0.3) is 0 Å². The minimum absolute atomic E-state index is 0.00400. The molecule has 0 aromatic heterocycles. The SMILES string of the molecule is CC(C)NC(=O)C1(C(=O)O)CCC1. The predicted molar refractivity (Wildman–Crippen MR) is 47.2 cm³/mol. The van der Waals surface area contributed by atoms with Crippen LogP contribution in [0.4, 0.5) is 0 Å². The molecule has 74 valence electrons. The molecule has 0 heterocycles. The number of carbonyl (C=O) groups excluding carboxylic acids is 1. The summed E-state index contributed by atoms with van der Waals surface area (Å²) in [5.74, 6) is -1.32. The molecule has 2 N–H and O–H groups in total. The van der Waals surface area contributed by atoms with Gasteiger partial charge in [0, 0.05) is 6.04 Å². The van der Waals surface area contributed by atoms with Gasteiger partial charge in [0.1, 0.15) is 5.41 Å². The first kappa shape index (κ1) is 10.0. The van der Waals surface area contributed by atoms with Crippen molar-refractivity contribution in [3.63, 3.8) is 0 Å². The average molecular weight is 185 g/mol. The van der Waals surface area contributed by atoms with Crippen molar-refractivity contribution in [3.8, 4) is 0 Å². The zero-order valence-corrected chi connectivity index (χ0v) is 7.96. The number of carbonyl (C=O) groups is 2. The highest BCUT2D eigenvalue weighted by Crippen LogP contribution is 2.41. The van der Waals surface area contributed by atoms with Crippen molar-refractivity contribution < 1.29 is 14.7 Å². The highest BCUT2D eigenvalue weighted by molar-refractivity contribution is 6.02. The summed E-state index contributed by atoms with van der Waals surface area (Å²) >= 11 is 0. The van der Waals surface area contributed by atoms with Crippen molar-refractivity contribution >= 4 is 11.9 Å². The third-order valence-electron chi connectivity index (χ3n) is 2.47. The highest BCUT2D eigenvalue weighted by Gasteiger charge is 2.51. The number of amides is 1. The fraction of sp³-hybridized carbons (Fsp3) is 0.778. The van der Waals surface area contributed by atoms with E-state index in [0.29, 0.717) is 12.8 Å².